The molecule has 2 aliphatic rings. The third kappa shape index (κ3) is 2.18. The molecule has 26 heavy (non-hydrogen) atoms. The number of rotatable bonds is 2. The number of carbonyl (C=O) groups is 2. The Bertz CT molecular complexity index is 1000. The molecule has 0 saturated heterocycles. The summed E-state index contributed by atoms with van der Waals surface area (Å²) in [6.07, 6.45) is 3.35. The molecule has 0 radical (unpaired) electrons. The van der Waals surface area contributed by atoms with Crippen LogP contribution in [0, 0.1) is 0 Å². The van der Waals surface area contributed by atoms with Gasteiger partial charge in [-0.05, 0) is 18.2 Å². The van der Waals surface area contributed by atoms with E-state index in [0.717, 1.165) is 0 Å². The number of ether oxygens (including phenoxy) is 1. The normalized spacial score (nSPS) is 24.1. The molecule has 2 aliphatic carbocycles. The summed E-state index contributed by atoms with van der Waals surface area (Å²) in [6.45, 7) is 0. The molecule has 2 atom stereocenters. The monoisotopic (exact) mass is 348 g/mol. The molecule has 2 aromatic carbocycles. The van der Waals surface area contributed by atoms with Crippen LogP contribution >= 0.6 is 0 Å². The molecule has 0 spiro atoms. The maximum absolute atomic E-state index is 13.1. The second kappa shape index (κ2) is 5.76. The van der Waals surface area contributed by atoms with Crippen LogP contribution in [0.2, 0.25) is 0 Å². The highest BCUT2D eigenvalue weighted by Crippen LogP contribution is 2.39. The topological polar surface area (TPSA) is 83.8 Å². The number of methoxy groups -OCH3 is 1. The number of hydrogen-bond acceptors (Lipinski definition) is 5. The number of benzene rings is 2. The van der Waals surface area contributed by atoms with Crippen LogP contribution < -0.4 is 0 Å². The lowest BCUT2D eigenvalue weighted by atomic mass is 9.75. The predicted octanol–water partition coefficient (Wildman–Crippen LogP) is 2.68. The Labute approximate surface area is 149 Å². The minimum absolute atomic E-state index is 0.139. The van der Waals surface area contributed by atoms with E-state index in [-0.39, 0.29) is 34.0 Å². The lowest BCUT2D eigenvalue weighted by molar-refractivity contribution is -0.0449. The van der Waals surface area contributed by atoms with Crippen molar-refractivity contribution in [2.45, 2.75) is 11.7 Å². The zero-order chi connectivity index (χ0) is 18.5. The van der Waals surface area contributed by atoms with Crippen molar-refractivity contribution in [1.82, 2.24) is 0 Å². The van der Waals surface area contributed by atoms with Gasteiger partial charge < -0.3 is 14.9 Å². The van der Waals surface area contributed by atoms with Gasteiger partial charge in [-0.15, -0.1) is 0 Å². The van der Waals surface area contributed by atoms with Gasteiger partial charge in [-0.25, -0.2) is 0 Å². The Morgan fingerprint density at radius 2 is 1.62 bits per heavy atom. The molecule has 0 aromatic heterocycles. The SMILES string of the molecule is COC1C=CC(O)=CC1(O)c1cccc2c1C(=O)c1ccccc1C2=O. The van der Waals surface area contributed by atoms with Gasteiger partial charge in [0, 0.05) is 34.9 Å². The lowest BCUT2D eigenvalue weighted by Gasteiger charge is -2.35. The van der Waals surface area contributed by atoms with Gasteiger partial charge in [-0.1, -0.05) is 42.5 Å². The first-order valence-corrected chi connectivity index (χ1v) is 8.14. The van der Waals surface area contributed by atoms with Gasteiger partial charge >= 0.3 is 0 Å². The Hall–Kier alpha value is -3.02. The fraction of sp³-hybridized carbons (Fsp3) is 0.143. The quantitative estimate of drug-likeness (QED) is 0.744. The third-order valence-electron chi connectivity index (χ3n) is 4.88. The number of aliphatic hydroxyl groups excluding tert-OH is 1. The molecule has 0 amide bonds. The number of fused-ring (bicyclic) bond motifs is 2. The number of hydrogen-bond donors (Lipinski definition) is 2. The molecular weight excluding hydrogens is 332 g/mol. The highest BCUT2D eigenvalue weighted by Gasteiger charge is 2.43. The molecule has 2 unspecified atom stereocenters. The first kappa shape index (κ1) is 16.4. The van der Waals surface area contributed by atoms with Crippen LogP contribution in [0.25, 0.3) is 0 Å². The molecule has 0 fully saturated rings. The summed E-state index contributed by atoms with van der Waals surface area (Å²) in [4.78, 5) is 26.0. The maximum Gasteiger partial charge on any atom is 0.194 e. The van der Waals surface area contributed by atoms with Crippen molar-refractivity contribution in [2.24, 2.45) is 0 Å². The Morgan fingerprint density at radius 1 is 0.962 bits per heavy atom. The van der Waals surface area contributed by atoms with E-state index in [1.807, 2.05) is 0 Å². The van der Waals surface area contributed by atoms with Crippen molar-refractivity contribution in [3.05, 3.63) is 94.3 Å². The maximum atomic E-state index is 13.1. The molecule has 2 aromatic rings. The van der Waals surface area contributed by atoms with E-state index in [9.17, 15) is 19.8 Å². The van der Waals surface area contributed by atoms with Gasteiger partial charge in [-0.2, -0.15) is 0 Å². The van der Waals surface area contributed by atoms with Crippen LogP contribution in [0.5, 0.6) is 0 Å². The Kier molecular flexibility index (Phi) is 3.64. The van der Waals surface area contributed by atoms with E-state index in [2.05, 4.69) is 0 Å². The van der Waals surface area contributed by atoms with Crippen LogP contribution in [-0.2, 0) is 10.3 Å². The Morgan fingerprint density at radius 3 is 2.31 bits per heavy atom. The van der Waals surface area contributed by atoms with Gasteiger partial charge in [0.25, 0.3) is 0 Å². The second-order valence-electron chi connectivity index (χ2n) is 6.34. The molecule has 0 bridgehead atoms. The van der Waals surface area contributed by atoms with E-state index < -0.39 is 11.7 Å². The van der Waals surface area contributed by atoms with Crippen molar-refractivity contribution >= 4 is 11.6 Å². The average Bonchev–Trinajstić information content (AvgIpc) is 2.65. The van der Waals surface area contributed by atoms with Gasteiger partial charge in [0.2, 0.25) is 0 Å². The van der Waals surface area contributed by atoms with Crippen molar-refractivity contribution in [3.8, 4) is 0 Å². The number of aliphatic hydroxyl groups is 2. The average molecular weight is 348 g/mol. The van der Waals surface area contributed by atoms with E-state index in [1.165, 1.54) is 25.3 Å². The summed E-state index contributed by atoms with van der Waals surface area (Å²) in [5.74, 6) is -0.751. The van der Waals surface area contributed by atoms with Gasteiger partial charge in [-0.3, -0.25) is 9.59 Å². The van der Waals surface area contributed by atoms with Crippen molar-refractivity contribution in [3.63, 3.8) is 0 Å². The van der Waals surface area contributed by atoms with Gasteiger partial charge in [0.1, 0.15) is 17.5 Å². The second-order valence-corrected chi connectivity index (χ2v) is 6.34. The minimum Gasteiger partial charge on any atom is -0.508 e. The van der Waals surface area contributed by atoms with Crippen molar-refractivity contribution in [2.75, 3.05) is 7.11 Å². The molecular formula is C21H16O5. The molecule has 0 heterocycles. The summed E-state index contributed by atoms with van der Waals surface area (Å²) in [5, 5.41) is 21.2. The highest BCUT2D eigenvalue weighted by atomic mass is 16.5. The largest absolute Gasteiger partial charge is 0.508 e. The van der Waals surface area contributed by atoms with Gasteiger partial charge in [0.05, 0.1) is 0 Å². The molecule has 5 heteroatoms. The summed E-state index contributed by atoms with van der Waals surface area (Å²) in [7, 11) is 1.42. The molecule has 2 N–H and O–H groups in total. The van der Waals surface area contributed by atoms with Crippen LogP contribution in [0.4, 0.5) is 0 Å². The summed E-state index contributed by atoms with van der Waals surface area (Å²) in [6, 6.07) is 11.4. The first-order chi connectivity index (χ1) is 12.5. The zero-order valence-corrected chi connectivity index (χ0v) is 14.0. The van der Waals surface area contributed by atoms with Crippen LogP contribution in [0.1, 0.15) is 37.4 Å². The molecule has 0 aliphatic heterocycles. The molecule has 0 saturated carbocycles. The number of carbonyl (C=O) groups excluding carboxylic acids is 2. The number of ketones is 2. The summed E-state index contributed by atoms with van der Waals surface area (Å²) < 4.78 is 5.34. The highest BCUT2D eigenvalue weighted by molar-refractivity contribution is 6.29. The van der Waals surface area contributed by atoms with Crippen LogP contribution in [0.3, 0.4) is 0 Å². The number of allylic oxidation sites excluding steroid dienone is 1. The van der Waals surface area contributed by atoms with Crippen molar-refractivity contribution in [1.29, 1.82) is 0 Å². The van der Waals surface area contributed by atoms with Gasteiger partial charge in [0.15, 0.2) is 11.6 Å². The van der Waals surface area contributed by atoms with Crippen molar-refractivity contribution < 1.29 is 24.5 Å². The van der Waals surface area contributed by atoms with Crippen LogP contribution in [0.15, 0.2) is 66.5 Å². The van der Waals surface area contributed by atoms with E-state index in [4.69, 9.17) is 4.74 Å². The smallest absolute Gasteiger partial charge is 0.194 e. The molecule has 4 rings (SSSR count). The fourth-order valence-corrected chi connectivity index (χ4v) is 3.66. The molecule has 5 nitrogen and oxygen atoms in total. The first-order valence-electron chi connectivity index (χ1n) is 8.14. The Balaban J connectivity index is 1.98. The minimum atomic E-state index is -1.78. The third-order valence-corrected chi connectivity index (χ3v) is 4.88. The summed E-state index contributed by atoms with van der Waals surface area (Å²) >= 11 is 0. The summed E-state index contributed by atoms with van der Waals surface area (Å²) in [5.41, 5.74) is -0.530. The fourth-order valence-electron chi connectivity index (χ4n) is 3.66. The van der Waals surface area contributed by atoms with Crippen LogP contribution in [-0.4, -0.2) is 35.0 Å². The molecule has 130 valence electrons. The standard InChI is InChI=1S/C21H16O5/c1-26-17-10-9-12(22)11-21(17,25)16-8-4-7-15-18(16)20(24)14-6-3-2-5-13(14)19(15)23/h2-11,17,22,25H,1H3. The van der Waals surface area contributed by atoms with E-state index in [0.29, 0.717) is 11.1 Å². The van der Waals surface area contributed by atoms with E-state index in [1.54, 1.807) is 42.5 Å². The van der Waals surface area contributed by atoms with E-state index >= 15 is 0 Å². The predicted molar refractivity (Wildman–Crippen MR) is 94.3 cm³/mol. The lowest BCUT2D eigenvalue weighted by Crippen LogP contribution is -2.42. The zero-order valence-electron chi connectivity index (χ0n) is 14.0.